The fourth-order valence-electron chi connectivity index (χ4n) is 1.84. The van der Waals surface area contributed by atoms with Gasteiger partial charge in [0.25, 0.3) is 0 Å². The molecule has 0 heterocycles. The summed E-state index contributed by atoms with van der Waals surface area (Å²) in [5, 5.41) is 13.2. The van der Waals surface area contributed by atoms with Gasteiger partial charge in [-0.3, -0.25) is 9.79 Å². The first-order valence-corrected chi connectivity index (χ1v) is 7.22. The van der Waals surface area contributed by atoms with Crippen LogP contribution in [0.1, 0.15) is 18.1 Å². The van der Waals surface area contributed by atoms with Gasteiger partial charge >= 0.3 is 0 Å². The number of aromatic hydroxyl groups is 1. The molecule has 0 aliphatic rings. The largest absolute Gasteiger partial charge is 0.506 e. The summed E-state index contributed by atoms with van der Waals surface area (Å²) >= 11 is 11.8. The van der Waals surface area contributed by atoms with E-state index >= 15 is 0 Å². The Kier molecular flexibility index (Phi) is 5.06. The van der Waals surface area contributed by atoms with Crippen molar-refractivity contribution in [3.8, 4) is 5.75 Å². The van der Waals surface area contributed by atoms with E-state index in [4.69, 9.17) is 23.2 Å². The van der Waals surface area contributed by atoms with Crippen molar-refractivity contribution in [2.75, 3.05) is 5.32 Å². The number of hydrogen-bond acceptors (Lipinski definition) is 3. The Morgan fingerprint density at radius 2 is 2.00 bits per heavy atom. The number of halogens is 2. The van der Waals surface area contributed by atoms with Gasteiger partial charge in [-0.15, -0.1) is 0 Å². The van der Waals surface area contributed by atoms with E-state index < -0.39 is 0 Å². The number of anilines is 1. The van der Waals surface area contributed by atoms with E-state index in [1.165, 1.54) is 19.2 Å². The Morgan fingerprint density at radius 3 is 2.68 bits per heavy atom. The number of aryl methyl sites for hydroxylation is 1. The molecule has 0 unspecified atom stereocenters. The highest BCUT2D eigenvalue weighted by molar-refractivity contribution is 6.36. The minimum Gasteiger partial charge on any atom is -0.506 e. The summed E-state index contributed by atoms with van der Waals surface area (Å²) in [6.07, 6.45) is 1.47. The quantitative estimate of drug-likeness (QED) is 0.797. The van der Waals surface area contributed by atoms with Gasteiger partial charge in [-0.25, -0.2) is 0 Å². The predicted molar refractivity (Wildman–Crippen MR) is 90.9 cm³/mol. The van der Waals surface area contributed by atoms with Crippen LogP contribution in [0.2, 0.25) is 10.0 Å². The first kappa shape index (κ1) is 16.3. The molecule has 22 heavy (non-hydrogen) atoms. The SMILES string of the molecule is CC(=O)Nc1cc(N=Cc2cc(Cl)cc(Cl)c2O)ccc1C. The van der Waals surface area contributed by atoms with Crippen LogP contribution in [0.3, 0.4) is 0 Å². The Hall–Kier alpha value is -2.04. The molecule has 0 saturated heterocycles. The highest BCUT2D eigenvalue weighted by atomic mass is 35.5. The summed E-state index contributed by atoms with van der Waals surface area (Å²) in [6, 6.07) is 8.42. The fraction of sp³-hybridized carbons (Fsp3) is 0.125. The van der Waals surface area contributed by atoms with Crippen LogP contribution in [0.25, 0.3) is 0 Å². The van der Waals surface area contributed by atoms with Gasteiger partial charge in [-0.05, 0) is 36.8 Å². The third-order valence-electron chi connectivity index (χ3n) is 2.94. The lowest BCUT2D eigenvalue weighted by atomic mass is 10.1. The maximum atomic E-state index is 11.2. The molecule has 6 heteroatoms. The molecule has 0 fully saturated rings. The van der Waals surface area contributed by atoms with E-state index in [1.807, 2.05) is 13.0 Å². The smallest absolute Gasteiger partial charge is 0.221 e. The van der Waals surface area contributed by atoms with E-state index in [1.54, 1.807) is 18.2 Å². The topological polar surface area (TPSA) is 61.7 Å². The molecule has 0 radical (unpaired) electrons. The molecule has 4 nitrogen and oxygen atoms in total. The second-order valence-corrected chi connectivity index (χ2v) is 5.61. The van der Waals surface area contributed by atoms with Crippen molar-refractivity contribution < 1.29 is 9.90 Å². The van der Waals surface area contributed by atoms with Gasteiger partial charge < -0.3 is 10.4 Å². The van der Waals surface area contributed by atoms with Crippen LogP contribution in [0.15, 0.2) is 35.3 Å². The molecule has 0 atom stereocenters. The molecule has 114 valence electrons. The first-order chi connectivity index (χ1) is 10.4. The molecule has 2 N–H and O–H groups in total. The minimum atomic E-state index is -0.150. The molecule has 0 aromatic heterocycles. The number of aliphatic imine (C=N–C) groups is 1. The zero-order chi connectivity index (χ0) is 16.3. The van der Waals surface area contributed by atoms with Gasteiger partial charge in [-0.1, -0.05) is 29.3 Å². The Balaban J connectivity index is 2.33. The van der Waals surface area contributed by atoms with Crippen molar-refractivity contribution in [3.05, 3.63) is 51.5 Å². The number of phenols is 1. The van der Waals surface area contributed by atoms with Crippen molar-refractivity contribution in [1.29, 1.82) is 0 Å². The van der Waals surface area contributed by atoms with Crippen LogP contribution < -0.4 is 5.32 Å². The number of rotatable bonds is 3. The zero-order valence-corrected chi connectivity index (χ0v) is 13.5. The number of nitrogens with zero attached hydrogens (tertiary/aromatic N) is 1. The number of carbonyl (C=O) groups is 1. The van der Waals surface area contributed by atoms with Crippen LogP contribution in [-0.4, -0.2) is 17.2 Å². The van der Waals surface area contributed by atoms with Crippen LogP contribution in [0.5, 0.6) is 5.75 Å². The number of nitrogens with one attached hydrogen (secondary N) is 1. The van der Waals surface area contributed by atoms with Crippen molar-refractivity contribution >= 4 is 46.7 Å². The van der Waals surface area contributed by atoms with Crippen LogP contribution in [0.4, 0.5) is 11.4 Å². The molecule has 0 saturated carbocycles. The van der Waals surface area contributed by atoms with Crippen molar-refractivity contribution in [2.45, 2.75) is 13.8 Å². The van der Waals surface area contributed by atoms with E-state index in [9.17, 15) is 9.90 Å². The standard InChI is InChI=1S/C16H14Cl2N2O2/c1-9-3-4-13(7-15(9)20-10(2)21)19-8-11-5-12(17)6-14(18)16(11)22/h3-8,22H,1-2H3,(H,20,21). The lowest BCUT2D eigenvalue weighted by Gasteiger charge is -2.07. The summed E-state index contributed by atoms with van der Waals surface area (Å²) < 4.78 is 0. The highest BCUT2D eigenvalue weighted by Crippen LogP contribution is 2.30. The molecule has 1 amide bonds. The van der Waals surface area contributed by atoms with E-state index in [-0.39, 0.29) is 16.7 Å². The van der Waals surface area contributed by atoms with Crippen LogP contribution in [-0.2, 0) is 4.79 Å². The lowest BCUT2D eigenvalue weighted by Crippen LogP contribution is -2.06. The number of amides is 1. The number of benzene rings is 2. The molecule has 2 rings (SSSR count). The molecule has 2 aromatic carbocycles. The van der Waals surface area contributed by atoms with Crippen molar-refractivity contribution in [3.63, 3.8) is 0 Å². The normalized spacial score (nSPS) is 10.9. The van der Waals surface area contributed by atoms with Gasteiger partial charge in [0.1, 0.15) is 5.75 Å². The average Bonchev–Trinajstić information content (AvgIpc) is 2.44. The molecular weight excluding hydrogens is 323 g/mol. The van der Waals surface area contributed by atoms with Crippen LogP contribution in [0, 0.1) is 6.92 Å². The monoisotopic (exact) mass is 336 g/mol. The molecule has 0 bridgehead atoms. The van der Waals surface area contributed by atoms with E-state index in [0.717, 1.165) is 5.56 Å². The average molecular weight is 337 g/mol. The third kappa shape index (κ3) is 4.00. The van der Waals surface area contributed by atoms with Gasteiger partial charge in [0, 0.05) is 29.4 Å². The second-order valence-electron chi connectivity index (χ2n) is 4.76. The maximum absolute atomic E-state index is 11.2. The van der Waals surface area contributed by atoms with Gasteiger partial charge in [0.05, 0.1) is 10.7 Å². The van der Waals surface area contributed by atoms with Gasteiger partial charge in [-0.2, -0.15) is 0 Å². The highest BCUT2D eigenvalue weighted by Gasteiger charge is 2.06. The minimum absolute atomic E-state index is 0.0796. The fourth-order valence-corrected chi connectivity index (χ4v) is 2.35. The van der Waals surface area contributed by atoms with Crippen molar-refractivity contribution in [2.24, 2.45) is 4.99 Å². The summed E-state index contributed by atoms with van der Waals surface area (Å²) in [5.41, 5.74) is 2.67. The van der Waals surface area contributed by atoms with Gasteiger partial charge in [0.2, 0.25) is 5.91 Å². The van der Waals surface area contributed by atoms with E-state index in [0.29, 0.717) is 22.0 Å². The number of carbonyl (C=O) groups excluding carboxylic acids is 1. The summed E-state index contributed by atoms with van der Waals surface area (Å²) in [4.78, 5) is 15.4. The summed E-state index contributed by atoms with van der Waals surface area (Å²) in [6.45, 7) is 3.34. The molecule has 2 aromatic rings. The van der Waals surface area contributed by atoms with Gasteiger partial charge in [0.15, 0.2) is 0 Å². The molecular formula is C16H14Cl2N2O2. The Bertz CT molecular complexity index is 758. The second kappa shape index (κ2) is 6.81. The summed E-state index contributed by atoms with van der Waals surface area (Å²) in [5.74, 6) is -0.229. The van der Waals surface area contributed by atoms with Crippen LogP contribution >= 0.6 is 23.2 Å². The number of phenolic OH excluding ortho intramolecular Hbond substituents is 1. The first-order valence-electron chi connectivity index (χ1n) is 6.47. The molecule has 0 aliphatic carbocycles. The molecule has 0 aliphatic heterocycles. The Morgan fingerprint density at radius 1 is 1.27 bits per heavy atom. The maximum Gasteiger partial charge on any atom is 0.221 e. The van der Waals surface area contributed by atoms with E-state index in [2.05, 4.69) is 10.3 Å². The number of hydrogen-bond donors (Lipinski definition) is 2. The zero-order valence-electron chi connectivity index (χ0n) is 12.0. The third-order valence-corrected chi connectivity index (χ3v) is 3.45. The Labute approximate surface area is 138 Å². The molecule has 0 spiro atoms. The summed E-state index contributed by atoms with van der Waals surface area (Å²) in [7, 11) is 0. The predicted octanol–water partition coefficient (Wildman–Crippen LogP) is 4.72. The lowest BCUT2D eigenvalue weighted by molar-refractivity contribution is -0.114. The van der Waals surface area contributed by atoms with Crippen molar-refractivity contribution in [1.82, 2.24) is 0 Å².